The van der Waals surface area contributed by atoms with Crippen LogP contribution in [0.2, 0.25) is 5.02 Å². The Hall–Kier alpha value is -2.90. The fourth-order valence-corrected chi connectivity index (χ4v) is 3.57. The quantitative estimate of drug-likeness (QED) is 0.348. The highest BCUT2D eigenvalue weighted by Gasteiger charge is 2.12. The Balaban J connectivity index is 1.65. The summed E-state index contributed by atoms with van der Waals surface area (Å²) in [7, 11) is 0. The van der Waals surface area contributed by atoms with E-state index in [0.717, 1.165) is 32.9 Å². The van der Waals surface area contributed by atoms with Gasteiger partial charge in [-0.1, -0.05) is 66.2 Å². The monoisotopic (exact) mass is 339 g/mol. The van der Waals surface area contributed by atoms with Crippen LogP contribution in [0, 0.1) is 0 Å². The average Bonchev–Trinajstić information content (AvgIpc) is 3.07. The minimum absolute atomic E-state index is 0.752. The van der Waals surface area contributed by atoms with Crippen molar-refractivity contribution in [1.82, 2.24) is 4.98 Å². The zero-order chi connectivity index (χ0) is 16.8. The van der Waals surface area contributed by atoms with Gasteiger partial charge in [-0.05, 0) is 52.6 Å². The molecular weight excluding hydrogens is 326 g/mol. The van der Waals surface area contributed by atoms with Crippen LogP contribution in [0.25, 0.3) is 45.4 Å². The zero-order valence-electron chi connectivity index (χ0n) is 13.4. The van der Waals surface area contributed by atoms with Crippen LogP contribution < -0.4 is 0 Å². The van der Waals surface area contributed by atoms with Crippen LogP contribution in [0.5, 0.6) is 0 Å². The fourth-order valence-electron chi connectivity index (χ4n) is 3.44. The molecule has 0 amide bonds. The summed E-state index contributed by atoms with van der Waals surface area (Å²) in [6.07, 6.45) is 4.33. The second-order valence-electron chi connectivity index (χ2n) is 6.26. The predicted octanol–water partition coefficient (Wildman–Crippen LogP) is 6.71. The summed E-state index contributed by atoms with van der Waals surface area (Å²) in [5.41, 5.74) is 7.98. The van der Waals surface area contributed by atoms with Crippen LogP contribution in [-0.4, -0.2) is 4.98 Å². The third-order valence-corrected chi connectivity index (χ3v) is 4.93. The van der Waals surface area contributed by atoms with E-state index in [2.05, 4.69) is 60.7 Å². The Morgan fingerprint density at radius 1 is 0.640 bits per heavy atom. The first kappa shape index (κ1) is 14.4. The number of hydrogen-bond donors (Lipinski definition) is 0. The van der Waals surface area contributed by atoms with E-state index in [-0.39, 0.29) is 0 Å². The summed E-state index contributed by atoms with van der Waals surface area (Å²) >= 11 is 6.00. The number of aromatic nitrogens is 1. The standard InChI is InChI=1S/C23H14ClN/c24-20-11-9-15(10-12-20)17-4-1-5-18(13-17)22-14-19-8-7-16-3-2-6-21(25-22)23(16)19/h1-14H. The van der Waals surface area contributed by atoms with E-state index in [1.165, 1.54) is 16.5 Å². The molecule has 0 aliphatic heterocycles. The van der Waals surface area contributed by atoms with Gasteiger partial charge in [-0.25, -0.2) is 4.98 Å². The molecule has 1 nitrogen and oxygen atoms in total. The van der Waals surface area contributed by atoms with E-state index in [9.17, 15) is 0 Å². The summed E-state index contributed by atoms with van der Waals surface area (Å²) in [6, 6.07) is 24.9. The van der Waals surface area contributed by atoms with Gasteiger partial charge in [0, 0.05) is 16.0 Å². The van der Waals surface area contributed by atoms with Crippen molar-refractivity contribution in [2.75, 3.05) is 0 Å². The van der Waals surface area contributed by atoms with Gasteiger partial charge >= 0.3 is 0 Å². The van der Waals surface area contributed by atoms with Crippen LogP contribution in [-0.2, 0) is 0 Å². The van der Waals surface area contributed by atoms with Crippen molar-refractivity contribution in [3.63, 3.8) is 0 Å². The lowest BCUT2D eigenvalue weighted by Gasteiger charge is -2.08. The first-order valence-electron chi connectivity index (χ1n) is 8.26. The van der Waals surface area contributed by atoms with Crippen molar-refractivity contribution < 1.29 is 0 Å². The molecule has 1 aromatic heterocycles. The number of rotatable bonds is 2. The van der Waals surface area contributed by atoms with E-state index in [4.69, 9.17) is 16.6 Å². The van der Waals surface area contributed by atoms with Gasteiger partial charge in [-0.15, -0.1) is 0 Å². The summed E-state index contributed by atoms with van der Waals surface area (Å²) in [5, 5.41) is 2.00. The largest absolute Gasteiger partial charge is 0.248 e. The van der Waals surface area contributed by atoms with Gasteiger partial charge in [-0.2, -0.15) is 0 Å². The third kappa shape index (κ3) is 2.45. The Morgan fingerprint density at radius 2 is 1.40 bits per heavy atom. The van der Waals surface area contributed by atoms with E-state index in [0.29, 0.717) is 0 Å². The highest BCUT2D eigenvalue weighted by molar-refractivity contribution is 6.30. The number of nitrogens with zero attached hydrogens (tertiary/aromatic N) is 1. The Bertz CT molecular complexity index is 1140. The maximum absolute atomic E-state index is 6.00. The van der Waals surface area contributed by atoms with Gasteiger partial charge in [0.2, 0.25) is 0 Å². The van der Waals surface area contributed by atoms with Gasteiger partial charge in [0.15, 0.2) is 0 Å². The lowest BCUT2D eigenvalue weighted by Crippen LogP contribution is -1.89. The molecule has 1 heterocycles. The second kappa shape index (κ2) is 5.58. The van der Waals surface area contributed by atoms with Crippen molar-refractivity contribution in [3.05, 3.63) is 88.9 Å². The molecule has 118 valence electrons. The molecule has 0 saturated carbocycles. The SMILES string of the molecule is Clc1ccc(-c2cccc(-c3cc4c5c(cccc5n3)C=C4)c2)cc1. The molecule has 1 aliphatic rings. The molecule has 0 unspecified atom stereocenters. The molecule has 0 N–H and O–H groups in total. The molecule has 0 saturated heterocycles. The maximum Gasteiger partial charge on any atom is 0.0721 e. The summed E-state index contributed by atoms with van der Waals surface area (Å²) < 4.78 is 0. The molecule has 0 spiro atoms. The number of benzene rings is 3. The lowest BCUT2D eigenvalue weighted by molar-refractivity contribution is 1.39. The fraction of sp³-hybridized carbons (Fsp3) is 0. The zero-order valence-corrected chi connectivity index (χ0v) is 14.2. The van der Waals surface area contributed by atoms with E-state index >= 15 is 0 Å². The molecule has 0 atom stereocenters. The Labute approximate surface area is 151 Å². The highest BCUT2D eigenvalue weighted by atomic mass is 35.5. The summed E-state index contributed by atoms with van der Waals surface area (Å²) in [5.74, 6) is 0. The van der Waals surface area contributed by atoms with Crippen LogP contribution in [0.1, 0.15) is 11.1 Å². The Morgan fingerprint density at radius 3 is 2.28 bits per heavy atom. The van der Waals surface area contributed by atoms with Crippen molar-refractivity contribution >= 4 is 34.7 Å². The van der Waals surface area contributed by atoms with Gasteiger partial charge in [0.1, 0.15) is 0 Å². The maximum atomic E-state index is 6.00. The topological polar surface area (TPSA) is 12.9 Å². The molecule has 5 rings (SSSR count). The first-order valence-corrected chi connectivity index (χ1v) is 8.64. The molecule has 0 radical (unpaired) electrons. The lowest BCUT2D eigenvalue weighted by atomic mass is 10.00. The molecule has 4 aromatic rings. The molecule has 0 bridgehead atoms. The van der Waals surface area contributed by atoms with Crippen molar-refractivity contribution in [2.24, 2.45) is 0 Å². The first-order chi connectivity index (χ1) is 12.3. The van der Waals surface area contributed by atoms with E-state index in [1.807, 2.05) is 24.3 Å². The van der Waals surface area contributed by atoms with E-state index in [1.54, 1.807) is 0 Å². The van der Waals surface area contributed by atoms with Crippen LogP contribution >= 0.6 is 11.6 Å². The average molecular weight is 340 g/mol. The molecule has 25 heavy (non-hydrogen) atoms. The van der Waals surface area contributed by atoms with Crippen LogP contribution in [0.3, 0.4) is 0 Å². The van der Waals surface area contributed by atoms with Crippen molar-refractivity contribution in [1.29, 1.82) is 0 Å². The summed E-state index contributed by atoms with van der Waals surface area (Å²) in [6.45, 7) is 0. The smallest absolute Gasteiger partial charge is 0.0721 e. The number of halogens is 1. The number of pyridine rings is 1. The van der Waals surface area contributed by atoms with Crippen molar-refractivity contribution in [3.8, 4) is 22.4 Å². The normalized spacial score (nSPS) is 12.0. The van der Waals surface area contributed by atoms with Crippen LogP contribution in [0.15, 0.2) is 72.8 Å². The van der Waals surface area contributed by atoms with Gasteiger partial charge in [0.25, 0.3) is 0 Å². The second-order valence-corrected chi connectivity index (χ2v) is 6.70. The van der Waals surface area contributed by atoms with Gasteiger partial charge in [-0.3, -0.25) is 0 Å². The molecular formula is C23H14ClN. The van der Waals surface area contributed by atoms with Crippen LogP contribution in [0.4, 0.5) is 0 Å². The van der Waals surface area contributed by atoms with E-state index < -0.39 is 0 Å². The molecule has 3 aromatic carbocycles. The molecule has 1 aliphatic carbocycles. The Kier molecular flexibility index (Phi) is 3.22. The van der Waals surface area contributed by atoms with Gasteiger partial charge in [0.05, 0.1) is 11.2 Å². The van der Waals surface area contributed by atoms with Gasteiger partial charge < -0.3 is 0 Å². The van der Waals surface area contributed by atoms with Crippen molar-refractivity contribution in [2.45, 2.75) is 0 Å². The number of hydrogen-bond acceptors (Lipinski definition) is 1. The molecule has 0 fully saturated rings. The molecule has 2 heteroatoms. The minimum atomic E-state index is 0.752. The third-order valence-electron chi connectivity index (χ3n) is 4.67. The summed E-state index contributed by atoms with van der Waals surface area (Å²) in [4.78, 5) is 4.89. The predicted molar refractivity (Wildman–Crippen MR) is 107 cm³/mol. The highest BCUT2D eigenvalue weighted by Crippen LogP contribution is 2.34. The minimum Gasteiger partial charge on any atom is -0.248 e.